The van der Waals surface area contributed by atoms with Gasteiger partial charge in [0.1, 0.15) is 25.4 Å². The van der Waals surface area contributed by atoms with E-state index in [0.29, 0.717) is 37.6 Å². The molecule has 1 atom stereocenters. The number of fused-ring (bicyclic) bond motifs is 1. The molecular weight excluding hydrogens is 396 g/mol. The number of methoxy groups -OCH3 is 1. The molecule has 4 rings (SSSR count). The second-order valence-electron chi connectivity index (χ2n) is 7.39. The van der Waals surface area contributed by atoms with Crippen LogP contribution in [0.1, 0.15) is 17.0 Å². The molecule has 0 aliphatic heterocycles. The average molecular weight is 421 g/mol. The highest BCUT2D eigenvalue weighted by atomic mass is 16.5. The molecule has 0 aliphatic rings. The Morgan fingerprint density at radius 1 is 1.13 bits per heavy atom. The Labute approximate surface area is 178 Å². The van der Waals surface area contributed by atoms with Gasteiger partial charge in [0, 0.05) is 10.9 Å². The number of quaternary nitrogens is 1. The molecule has 0 aliphatic carbocycles. The third kappa shape index (κ3) is 4.96. The van der Waals surface area contributed by atoms with Crippen molar-refractivity contribution in [1.29, 1.82) is 0 Å². The van der Waals surface area contributed by atoms with Crippen LogP contribution in [0, 0.1) is 0 Å². The molecule has 9 heteroatoms. The molecule has 2 aromatic carbocycles. The number of nitrogens with one attached hydrogen (secondary N) is 2. The number of benzene rings is 2. The standard InChI is InChI=1S/C22H24N6O3/c1-31-19-7-8-20-17(12-19)11-18(22(30)23-20)14-27(9-10-29)15-21-24-25-26-28(21)13-16-5-3-2-4-6-16/h2-8,11-12,29H,9-10,13-15H2,1H3,(H,23,30)/p+1. The lowest BCUT2D eigenvalue weighted by Crippen LogP contribution is -3.10. The number of aromatic nitrogens is 5. The lowest BCUT2D eigenvalue weighted by atomic mass is 10.1. The first-order valence-corrected chi connectivity index (χ1v) is 10.1. The van der Waals surface area contributed by atoms with Crippen molar-refractivity contribution in [1.82, 2.24) is 25.2 Å². The van der Waals surface area contributed by atoms with Gasteiger partial charge >= 0.3 is 0 Å². The fourth-order valence-corrected chi connectivity index (χ4v) is 3.61. The summed E-state index contributed by atoms with van der Waals surface area (Å²) in [5.41, 5.74) is 2.34. The molecule has 31 heavy (non-hydrogen) atoms. The van der Waals surface area contributed by atoms with E-state index in [-0.39, 0.29) is 12.2 Å². The van der Waals surface area contributed by atoms with E-state index in [1.165, 1.54) is 0 Å². The van der Waals surface area contributed by atoms with Crippen LogP contribution in [0.4, 0.5) is 0 Å². The number of aromatic amines is 1. The zero-order valence-corrected chi connectivity index (χ0v) is 17.3. The highest BCUT2D eigenvalue weighted by molar-refractivity contribution is 5.80. The van der Waals surface area contributed by atoms with Crippen molar-refractivity contribution < 1.29 is 14.7 Å². The van der Waals surface area contributed by atoms with Gasteiger partial charge in [-0.1, -0.05) is 30.3 Å². The van der Waals surface area contributed by atoms with Crippen molar-refractivity contribution in [3.63, 3.8) is 0 Å². The van der Waals surface area contributed by atoms with Gasteiger partial charge < -0.3 is 19.7 Å². The molecule has 2 heterocycles. The summed E-state index contributed by atoms with van der Waals surface area (Å²) < 4.78 is 7.04. The highest BCUT2D eigenvalue weighted by Gasteiger charge is 2.18. The summed E-state index contributed by atoms with van der Waals surface area (Å²) in [6.07, 6.45) is 0. The fraction of sp³-hybridized carbons (Fsp3) is 0.273. The third-order valence-electron chi connectivity index (χ3n) is 5.22. The lowest BCUT2D eigenvalue weighted by molar-refractivity contribution is -0.928. The van der Waals surface area contributed by atoms with Crippen molar-refractivity contribution in [2.24, 2.45) is 0 Å². The van der Waals surface area contributed by atoms with Crippen LogP contribution in [0.15, 0.2) is 59.4 Å². The Hall–Kier alpha value is -3.56. The number of nitrogens with zero attached hydrogens (tertiary/aromatic N) is 4. The summed E-state index contributed by atoms with van der Waals surface area (Å²) in [7, 11) is 1.61. The molecule has 0 spiro atoms. The van der Waals surface area contributed by atoms with E-state index in [9.17, 15) is 9.90 Å². The summed E-state index contributed by atoms with van der Waals surface area (Å²) in [5.74, 6) is 1.43. The first-order chi connectivity index (χ1) is 15.2. The predicted octanol–water partition coefficient (Wildman–Crippen LogP) is 0.149. The number of aliphatic hydroxyl groups is 1. The fourth-order valence-electron chi connectivity index (χ4n) is 3.61. The third-order valence-corrected chi connectivity index (χ3v) is 5.22. The molecule has 0 bridgehead atoms. The van der Waals surface area contributed by atoms with Crippen LogP contribution < -0.4 is 15.2 Å². The predicted molar refractivity (Wildman–Crippen MR) is 115 cm³/mol. The SMILES string of the molecule is COc1ccc2[nH]c(=O)c(C[NH+](CCO)Cc3nnnn3Cc3ccccc3)cc2c1. The van der Waals surface area contributed by atoms with Crippen molar-refractivity contribution in [2.75, 3.05) is 20.3 Å². The van der Waals surface area contributed by atoms with Gasteiger partial charge in [-0.25, -0.2) is 4.68 Å². The number of hydrogen-bond acceptors (Lipinski definition) is 6. The maximum Gasteiger partial charge on any atom is 0.257 e. The van der Waals surface area contributed by atoms with Gasteiger partial charge in [0.05, 0.1) is 25.8 Å². The van der Waals surface area contributed by atoms with Crippen molar-refractivity contribution >= 4 is 10.9 Å². The van der Waals surface area contributed by atoms with Crippen molar-refractivity contribution in [3.05, 3.63) is 81.9 Å². The molecular formula is C22H25N6O3+. The highest BCUT2D eigenvalue weighted by Crippen LogP contribution is 2.18. The Balaban J connectivity index is 1.56. The molecule has 0 radical (unpaired) electrons. The second kappa shape index (κ2) is 9.50. The zero-order valence-electron chi connectivity index (χ0n) is 17.3. The van der Waals surface area contributed by atoms with E-state index in [0.717, 1.165) is 27.1 Å². The van der Waals surface area contributed by atoms with E-state index < -0.39 is 0 Å². The summed E-state index contributed by atoms with van der Waals surface area (Å²) in [4.78, 5) is 16.5. The van der Waals surface area contributed by atoms with E-state index >= 15 is 0 Å². The largest absolute Gasteiger partial charge is 0.497 e. The molecule has 3 N–H and O–H groups in total. The molecule has 160 valence electrons. The Morgan fingerprint density at radius 3 is 2.74 bits per heavy atom. The number of aliphatic hydroxyl groups excluding tert-OH is 1. The van der Waals surface area contributed by atoms with Crippen LogP contribution in [-0.2, 0) is 19.6 Å². The van der Waals surface area contributed by atoms with E-state index in [1.54, 1.807) is 11.8 Å². The van der Waals surface area contributed by atoms with E-state index in [1.807, 2.05) is 54.6 Å². The van der Waals surface area contributed by atoms with Crippen LogP contribution in [0.2, 0.25) is 0 Å². The molecule has 0 saturated heterocycles. The number of ether oxygens (including phenoxy) is 1. The maximum atomic E-state index is 12.6. The Morgan fingerprint density at radius 2 is 1.97 bits per heavy atom. The monoisotopic (exact) mass is 421 g/mol. The maximum absolute atomic E-state index is 12.6. The first-order valence-electron chi connectivity index (χ1n) is 10.1. The molecule has 0 saturated carbocycles. The van der Waals surface area contributed by atoms with Gasteiger partial charge in [0.15, 0.2) is 0 Å². The smallest absolute Gasteiger partial charge is 0.257 e. The summed E-state index contributed by atoms with van der Waals surface area (Å²) in [5, 5.41) is 22.6. The minimum absolute atomic E-state index is 0.00507. The number of pyridine rings is 1. The van der Waals surface area contributed by atoms with Gasteiger partial charge in [-0.2, -0.15) is 0 Å². The van der Waals surface area contributed by atoms with Gasteiger partial charge in [-0.15, -0.1) is 5.10 Å². The number of hydrogen-bond donors (Lipinski definition) is 3. The van der Waals surface area contributed by atoms with E-state index in [4.69, 9.17) is 4.74 Å². The van der Waals surface area contributed by atoms with E-state index in [2.05, 4.69) is 20.5 Å². The van der Waals surface area contributed by atoms with Crippen LogP contribution >= 0.6 is 0 Å². The normalized spacial score (nSPS) is 12.2. The molecule has 9 nitrogen and oxygen atoms in total. The summed E-state index contributed by atoms with van der Waals surface area (Å²) >= 11 is 0. The quantitative estimate of drug-likeness (QED) is 0.355. The Bertz CT molecular complexity index is 1200. The van der Waals surface area contributed by atoms with Crippen LogP contribution in [0.5, 0.6) is 5.75 Å². The zero-order chi connectivity index (χ0) is 21.6. The minimum Gasteiger partial charge on any atom is -0.497 e. The first kappa shape index (κ1) is 20.7. The Kier molecular flexibility index (Phi) is 6.34. The molecule has 2 aromatic heterocycles. The minimum atomic E-state index is -0.142. The summed E-state index contributed by atoms with van der Waals surface area (Å²) in [6.45, 7) is 1.94. The summed E-state index contributed by atoms with van der Waals surface area (Å²) in [6, 6.07) is 17.4. The molecule has 0 amide bonds. The van der Waals surface area contributed by atoms with Gasteiger partial charge in [0.25, 0.3) is 5.56 Å². The average Bonchev–Trinajstić information content (AvgIpc) is 3.21. The van der Waals surface area contributed by atoms with Crippen LogP contribution in [0.25, 0.3) is 10.9 Å². The number of tetrazole rings is 1. The molecule has 0 fully saturated rings. The molecule has 4 aromatic rings. The van der Waals surface area contributed by atoms with Crippen LogP contribution in [-0.4, -0.2) is 50.6 Å². The lowest BCUT2D eigenvalue weighted by Gasteiger charge is -2.18. The molecule has 1 unspecified atom stereocenters. The van der Waals surface area contributed by atoms with Crippen molar-refractivity contribution in [3.8, 4) is 5.75 Å². The number of rotatable bonds is 9. The van der Waals surface area contributed by atoms with Gasteiger partial charge in [0.2, 0.25) is 5.82 Å². The number of H-pyrrole nitrogens is 1. The van der Waals surface area contributed by atoms with Crippen LogP contribution in [0.3, 0.4) is 0 Å². The second-order valence-corrected chi connectivity index (χ2v) is 7.39. The van der Waals surface area contributed by atoms with Gasteiger partial charge in [-0.3, -0.25) is 4.79 Å². The topological polar surface area (TPSA) is 110 Å². The van der Waals surface area contributed by atoms with Crippen molar-refractivity contribution in [2.45, 2.75) is 19.6 Å². The van der Waals surface area contributed by atoms with Gasteiger partial charge in [-0.05, 0) is 40.3 Å².